The summed E-state index contributed by atoms with van der Waals surface area (Å²) in [6, 6.07) is 15.7. The maximum absolute atomic E-state index is 12.1. The molecule has 0 N–H and O–H groups in total. The summed E-state index contributed by atoms with van der Waals surface area (Å²) in [5, 5.41) is 0.919. The van der Waals surface area contributed by atoms with Gasteiger partial charge in [-0.15, -0.1) is 0 Å². The normalized spacial score (nSPS) is 11.3. The summed E-state index contributed by atoms with van der Waals surface area (Å²) < 4.78 is 7.53. The molecule has 4 rings (SSSR count). The van der Waals surface area contributed by atoms with Gasteiger partial charge in [-0.25, -0.2) is 9.55 Å². The Morgan fingerprint density at radius 3 is 2.46 bits per heavy atom. The van der Waals surface area contributed by atoms with Crippen LogP contribution in [0.25, 0.3) is 33.6 Å². The number of hydrogen-bond donors (Lipinski definition) is 0. The van der Waals surface area contributed by atoms with Gasteiger partial charge in [0.05, 0.1) is 5.52 Å². The van der Waals surface area contributed by atoms with Crippen LogP contribution >= 0.6 is 0 Å². The zero-order chi connectivity index (χ0) is 16.8. The third kappa shape index (κ3) is 2.09. The molecule has 0 amide bonds. The van der Waals surface area contributed by atoms with Crippen LogP contribution < -0.4 is 4.90 Å². The Hall–Kier alpha value is -3.08. The number of para-hydroxylation sites is 1. The molecule has 24 heavy (non-hydrogen) atoms. The minimum Gasteiger partial charge on any atom is -0.419 e. The van der Waals surface area contributed by atoms with E-state index in [2.05, 4.69) is 4.98 Å². The molecule has 0 bridgehead atoms. The van der Waals surface area contributed by atoms with Gasteiger partial charge in [0.1, 0.15) is 5.52 Å². The minimum absolute atomic E-state index is 0.0909. The molecule has 0 atom stereocenters. The highest BCUT2D eigenvalue weighted by Gasteiger charge is 2.20. The molecule has 0 saturated carbocycles. The van der Waals surface area contributed by atoms with Gasteiger partial charge in [0.15, 0.2) is 0 Å². The van der Waals surface area contributed by atoms with Crippen molar-refractivity contribution in [3.05, 3.63) is 48.5 Å². The molecule has 0 aliphatic rings. The monoisotopic (exact) mass is 319 g/mol. The zero-order valence-corrected chi connectivity index (χ0v) is 13.8. The Bertz CT molecular complexity index is 1060. The fourth-order valence-corrected chi connectivity index (χ4v) is 2.96. The fourth-order valence-electron chi connectivity index (χ4n) is 2.96. The van der Waals surface area contributed by atoms with Crippen LogP contribution in [0, 0.1) is 0 Å². The summed E-state index contributed by atoms with van der Waals surface area (Å²) >= 11 is 0. The van der Waals surface area contributed by atoms with Gasteiger partial charge in [-0.1, -0.05) is 18.2 Å². The first-order chi connectivity index (χ1) is 11.6. The zero-order valence-electron chi connectivity index (χ0n) is 13.8. The highest BCUT2D eigenvalue weighted by atomic mass is 16.4. The van der Waals surface area contributed by atoms with Crippen molar-refractivity contribution in [2.45, 2.75) is 6.92 Å². The predicted octanol–water partition coefficient (Wildman–Crippen LogP) is 4.18. The van der Waals surface area contributed by atoms with Crippen LogP contribution in [0.15, 0.2) is 52.9 Å². The lowest BCUT2D eigenvalue weighted by atomic mass is 10.2. The molecule has 0 aliphatic heterocycles. The van der Waals surface area contributed by atoms with Gasteiger partial charge in [-0.2, -0.15) is 0 Å². The van der Waals surface area contributed by atoms with Crippen LogP contribution in [0.5, 0.6) is 0 Å². The molecule has 0 fully saturated rings. The van der Waals surface area contributed by atoms with E-state index < -0.39 is 0 Å². The van der Waals surface area contributed by atoms with E-state index in [0.717, 1.165) is 22.2 Å². The van der Waals surface area contributed by atoms with Crippen molar-refractivity contribution in [3.8, 4) is 11.5 Å². The predicted molar refractivity (Wildman–Crippen MR) is 95.6 cm³/mol. The fraction of sp³-hybridized carbons (Fsp3) is 0.158. The van der Waals surface area contributed by atoms with Gasteiger partial charge >= 0.3 is 0 Å². The molecular weight excluding hydrogens is 302 g/mol. The number of aromatic nitrogens is 2. The number of carbonyl (C=O) groups excluding carboxylic acids is 1. The Kier molecular flexibility index (Phi) is 3.16. The number of nitrogens with zero attached hydrogens (tertiary/aromatic N) is 3. The molecule has 5 nitrogen and oxygen atoms in total. The second-order valence-electron chi connectivity index (χ2n) is 5.99. The molecule has 2 aromatic heterocycles. The smallest absolute Gasteiger partial charge is 0.236 e. The molecule has 0 unspecified atom stereocenters. The first-order valence-corrected chi connectivity index (χ1v) is 7.75. The van der Waals surface area contributed by atoms with Crippen molar-refractivity contribution in [1.29, 1.82) is 0 Å². The second kappa shape index (κ2) is 5.23. The average molecular weight is 319 g/mol. The first kappa shape index (κ1) is 14.5. The number of oxazole rings is 1. The van der Waals surface area contributed by atoms with Gasteiger partial charge in [0.25, 0.3) is 0 Å². The molecule has 0 radical (unpaired) electrons. The lowest BCUT2D eigenvalue weighted by Crippen LogP contribution is -2.07. The Labute approximate surface area is 139 Å². The van der Waals surface area contributed by atoms with Crippen molar-refractivity contribution in [2.24, 2.45) is 0 Å². The summed E-state index contributed by atoms with van der Waals surface area (Å²) in [7, 11) is 3.99. The molecule has 0 aliphatic carbocycles. The minimum atomic E-state index is -0.0909. The third-order valence-electron chi connectivity index (χ3n) is 4.16. The van der Waals surface area contributed by atoms with Crippen LogP contribution in [-0.4, -0.2) is 29.6 Å². The van der Waals surface area contributed by atoms with E-state index in [0.29, 0.717) is 17.1 Å². The van der Waals surface area contributed by atoms with E-state index in [1.807, 2.05) is 67.5 Å². The molecule has 0 saturated heterocycles. The largest absolute Gasteiger partial charge is 0.419 e. The lowest BCUT2D eigenvalue weighted by molar-refractivity contribution is 0.0943. The summed E-state index contributed by atoms with van der Waals surface area (Å²) in [6.45, 7) is 1.53. The van der Waals surface area contributed by atoms with Crippen molar-refractivity contribution in [2.75, 3.05) is 19.0 Å². The number of fused-ring (bicyclic) bond motifs is 3. The second-order valence-corrected chi connectivity index (χ2v) is 5.99. The number of hydrogen-bond acceptors (Lipinski definition) is 4. The van der Waals surface area contributed by atoms with Gasteiger partial charge in [0.2, 0.25) is 17.5 Å². The van der Waals surface area contributed by atoms with Gasteiger partial charge in [0, 0.05) is 37.7 Å². The first-order valence-electron chi connectivity index (χ1n) is 7.75. The number of benzene rings is 2. The Morgan fingerprint density at radius 2 is 1.79 bits per heavy atom. The van der Waals surface area contributed by atoms with Crippen molar-refractivity contribution >= 4 is 33.7 Å². The number of carbonyl (C=O) groups is 1. The topological polar surface area (TPSA) is 51.3 Å². The Balaban J connectivity index is 1.92. The summed E-state index contributed by atoms with van der Waals surface area (Å²) in [5.74, 6) is 0.429. The van der Waals surface area contributed by atoms with Crippen LogP contribution in [0.4, 0.5) is 5.69 Å². The Morgan fingerprint density at radius 1 is 1.08 bits per heavy atom. The molecular formula is C19H17N3O2. The lowest BCUT2D eigenvalue weighted by Gasteiger charge is -2.11. The molecule has 2 heterocycles. The van der Waals surface area contributed by atoms with E-state index in [1.165, 1.54) is 6.92 Å². The summed E-state index contributed by atoms with van der Waals surface area (Å²) in [6.07, 6.45) is 0. The maximum Gasteiger partial charge on any atom is 0.236 e. The molecule has 5 heteroatoms. The highest BCUT2D eigenvalue weighted by Crippen LogP contribution is 2.32. The van der Waals surface area contributed by atoms with Crippen LogP contribution in [0.1, 0.15) is 11.7 Å². The standard InChI is InChI=1S/C19H17N3O2/c1-12(23)22-16-7-5-4-6-15(16)17-19(22)24-18(20-17)13-8-10-14(11-9-13)21(2)3/h4-11H,1-3H3. The molecule has 2 aromatic carbocycles. The van der Waals surface area contributed by atoms with Gasteiger partial charge in [-0.3, -0.25) is 4.79 Å². The summed E-state index contributed by atoms with van der Waals surface area (Å²) in [4.78, 5) is 18.7. The van der Waals surface area contributed by atoms with Crippen molar-refractivity contribution < 1.29 is 9.21 Å². The van der Waals surface area contributed by atoms with E-state index in [-0.39, 0.29) is 5.91 Å². The highest BCUT2D eigenvalue weighted by molar-refractivity contribution is 6.10. The van der Waals surface area contributed by atoms with Crippen LogP contribution in [0.2, 0.25) is 0 Å². The van der Waals surface area contributed by atoms with E-state index in [9.17, 15) is 4.79 Å². The maximum atomic E-state index is 12.1. The molecule has 0 spiro atoms. The van der Waals surface area contributed by atoms with Crippen LogP contribution in [0.3, 0.4) is 0 Å². The van der Waals surface area contributed by atoms with Crippen molar-refractivity contribution in [3.63, 3.8) is 0 Å². The quantitative estimate of drug-likeness (QED) is 0.556. The number of anilines is 1. The van der Waals surface area contributed by atoms with E-state index >= 15 is 0 Å². The van der Waals surface area contributed by atoms with Gasteiger partial charge < -0.3 is 9.32 Å². The SMILES string of the molecule is CC(=O)n1c2ccccc2c2nc(-c3ccc(N(C)C)cc3)oc21. The average Bonchev–Trinajstić information content (AvgIpc) is 3.11. The van der Waals surface area contributed by atoms with Crippen molar-refractivity contribution in [1.82, 2.24) is 9.55 Å². The summed E-state index contributed by atoms with van der Waals surface area (Å²) in [5.41, 5.74) is 4.02. The molecule has 120 valence electrons. The van der Waals surface area contributed by atoms with Crippen LogP contribution in [-0.2, 0) is 0 Å². The van der Waals surface area contributed by atoms with Gasteiger partial charge in [-0.05, 0) is 30.3 Å². The van der Waals surface area contributed by atoms with E-state index in [1.54, 1.807) is 4.57 Å². The number of rotatable bonds is 2. The molecule has 4 aromatic rings. The van der Waals surface area contributed by atoms with E-state index in [4.69, 9.17) is 4.42 Å². The third-order valence-corrected chi connectivity index (χ3v) is 4.16.